The number of hydrogen-bond donors (Lipinski definition) is 13. The van der Waals surface area contributed by atoms with E-state index in [1.165, 1.54) is 40.9 Å². The molecule has 2 rings (SSSR count). The predicted octanol–water partition coefficient (Wildman–Crippen LogP) is -1.92. The molecule has 0 bridgehead atoms. The second kappa shape index (κ2) is 32.6. The minimum absolute atomic E-state index is 0.0764. The lowest BCUT2D eigenvalue weighted by Crippen LogP contribution is -2.61. The molecule has 1 fully saturated rings. The molecule has 0 saturated carbocycles. The molecule has 1 saturated heterocycles. The van der Waals surface area contributed by atoms with Gasteiger partial charge in [0.25, 0.3) is 0 Å². The molecule has 26 heteroatoms. The first-order valence-electron chi connectivity index (χ1n) is 24.8. The smallest absolute Gasteiger partial charge is 0.326 e. The van der Waals surface area contributed by atoms with Crippen molar-refractivity contribution in [2.75, 3.05) is 31.6 Å². The standard InChI is InChI=1S/C48H77N11O14S/c1-6-26(3)39(57-42(66)31(17-18-36(51)61)53-44(68)34(24-38(63)64)56-43(67)33(52-37(62)25-50)23-28-13-15-29(60)16-14-28)46(70)55-32(19-22-74-5)47(71)59-21-10-12-35(59)45(69)54-30(11-8-9-20-49)41(65)58-40(48(72)73)27(4)7-2/h13-16,26-27,30-35,39-40,60H,6-12,17-25,49-50H2,1-5H3,(H2,51,61)(H,52,62)(H,53,68)(H,54,69)(H,55,70)(H,56,67)(H,57,66)(H,58,65)(H,63,64)(H,72,73)/t26-,27-,30-,31-,32-,33-,34-,35-,39-,40-/m0/s1. The Kier molecular flexibility index (Phi) is 28.0. The van der Waals surface area contributed by atoms with E-state index in [1.807, 2.05) is 0 Å². The van der Waals surface area contributed by atoms with Crippen molar-refractivity contribution in [2.24, 2.45) is 29.0 Å². The molecule has 16 N–H and O–H groups in total. The summed E-state index contributed by atoms with van der Waals surface area (Å²) in [5.74, 6) is -11.1. The Hall–Kier alpha value is -6.54. The summed E-state index contributed by atoms with van der Waals surface area (Å²) in [4.78, 5) is 147. The second-order valence-electron chi connectivity index (χ2n) is 18.4. The van der Waals surface area contributed by atoms with E-state index >= 15 is 0 Å². The maximum Gasteiger partial charge on any atom is 0.326 e. The molecule has 0 aliphatic carbocycles. The normalized spacial score (nSPS) is 16.8. The number of benzene rings is 1. The molecule has 1 aliphatic heterocycles. The largest absolute Gasteiger partial charge is 0.508 e. The minimum atomic E-state index is -1.85. The summed E-state index contributed by atoms with van der Waals surface area (Å²) in [6.45, 7) is 6.75. The summed E-state index contributed by atoms with van der Waals surface area (Å²) in [5.41, 5.74) is 17.0. The number of unbranched alkanes of at least 4 members (excludes halogenated alkanes) is 1. The van der Waals surface area contributed by atoms with Crippen LogP contribution in [0.1, 0.15) is 104 Å². The number of carbonyl (C=O) groups is 11. The molecular formula is C48H77N11O14S. The zero-order valence-corrected chi connectivity index (χ0v) is 43.6. The van der Waals surface area contributed by atoms with Crippen molar-refractivity contribution in [2.45, 2.75) is 153 Å². The summed E-state index contributed by atoms with van der Waals surface area (Å²) in [6.07, 6.45) is 2.27. The molecule has 0 radical (unpaired) electrons. The monoisotopic (exact) mass is 1060 g/mol. The van der Waals surface area contributed by atoms with E-state index in [0.717, 1.165) is 0 Å². The quantitative estimate of drug-likeness (QED) is 0.0335. The van der Waals surface area contributed by atoms with Crippen molar-refractivity contribution in [1.29, 1.82) is 0 Å². The van der Waals surface area contributed by atoms with Gasteiger partial charge in [-0.3, -0.25) is 47.9 Å². The number of nitrogens with two attached hydrogens (primary N) is 3. The van der Waals surface area contributed by atoms with Gasteiger partial charge < -0.3 is 74.6 Å². The van der Waals surface area contributed by atoms with Crippen LogP contribution in [-0.4, -0.2) is 165 Å². The number of nitrogens with one attached hydrogen (secondary N) is 7. The summed E-state index contributed by atoms with van der Waals surface area (Å²) in [5, 5.41) is 46.9. The first-order chi connectivity index (χ1) is 35.0. The number of primary amides is 1. The van der Waals surface area contributed by atoms with Gasteiger partial charge in [0.1, 0.15) is 54.1 Å². The van der Waals surface area contributed by atoms with Crippen LogP contribution in [0.5, 0.6) is 5.75 Å². The van der Waals surface area contributed by atoms with Gasteiger partial charge >= 0.3 is 11.9 Å². The maximum atomic E-state index is 14.4. The van der Waals surface area contributed by atoms with Gasteiger partial charge in [0, 0.05) is 19.4 Å². The van der Waals surface area contributed by atoms with Gasteiger partial charge in [0.05, 0.1) is 13.0 Å². The highest BCUT2D eigenvalue weighted by Gasteiger charge is 2.41. The predicted molar refractivity (Wildman–Crippen MR) is 272 cm³/mol. The number of amides is 9. The number of likely N-dealkylation sites (tertiary alicyclic amines) is 1. The molecule has 1 aliphatic rings. The van der Waals surface area contributed by atoms with Gasteiger partial charge in [-0.25, -0.2) is 4.79 Å². The van der Waals surface area contributed by atoms with Crippen molar-refractivity contribution >= 4 is 76.9 Å². The van der Waals surface area contributed by atoms with Crippen molar-refractivity contribution in [3.63, 3.8) is 0 Å². The number of carboxylic acid groups (broad SMARTS) is 2. The average Bonchev–Trinajstić information content (AvgIpc) is 3.86. The molecular weight excluding hydrogens is 987 g/mol. The van der Waals surface area contributed by atoms with E-state index in [2.05, 4.69) is 37.2 Å². The fourth-order valence-electron chi connectivity index (χ4n) is 7.99. The number of aromatic hydroxyl groups is 1. The molecule has 0 aromatic heterocycles. The number of carbonyl (C=O) groups excluding carboxylic acids is 9. The highest BCUT2D eigenvalue weighted by atomic mass is 32.2. The zero-order chi connectivity index (χ0) is 55.7. The van der Waals surface area contributed by atoms with Crippen LogP contribution in [-0.2, 0) is 59.2 Å². The van der Waals surface area contributed by atoms with Crippen molar-refractivity contribution in [3.05, 3.63) is 29.8 Å². The lowest BCUT2D eigenvalue weighted by molar-refractivity contribution is -0.144. The molecule has 414 valence electrons. The molecule has 74 heavy (non-hydrogen) atoms. The van der Waals surface area contributed by atoms with E-state index in [-0.39, 0.29) is 38.0 Å². The summed E-state index contributed by atoms with van der Waals surface area (Å²) in [6, 6.07) is -5.29. The number of phenolic OH excluding ortho intramolecular Hbond substituents is 1. The lowest BCUT2D eigenvalue weighted by atomic mass is 9.96. The highest BCUT2D eigenvalue weighted by Crippen LogP contribution is 2.22. The van der Waals surface area contributed by atoms with Crippen LogP contribution in [0.3, 0.4) is 0 Å². The average molecular weight is 1060 g/mol. The van der Waals surface area contributed by atoms with Gasteiger partial charge in [-0.05, 0) is 93.0 Å². The second-order valence-corrected chi connectivity index (χ2v) is 19.4. The molecule has 0 spiro atoms. The number of thioether (sulfide) groups is 1. The molecule has 10 atom stereocenters. The Bertz CT molecular complexity index is 2100. The van der Waals surface area contributed by atoms with Crippen LogP contribution >= 0.6 is 11.8 Å². The first kappa shape index (κ1) is 63.6. The zero-order valence-electron chi connectivity index (χ0n) is 42.8. The maximum absolute atomic E-state index is 14.4. The third-order valence-electron chi connectivity index (χ3n) is 12.8. The third-order valence-corrected chi connectivity index (χ3v) is 13.4. The number of rotatable bonds is 34. The summed E-state index contributed by atoms with van der Waals surface area (Å²) in [7, 11) is 0. The minimum Gasteiger partial charge on any atom is -0.508 e. The van der Waals surface area contributed by atoms with Gasteiger partial charge in [-0.2, -0.15) is 11.8 Å². The van der Waals surface area contributed by atoms with E-state index < -0.39 is 151 Å². The fraction of sp³-hybridized carbons (Fsp3) is 0.646. The van der Waals surface area contributed by atoms with E-state index in [0.29, 0.717) is 50.0 Å². The fourth-order valence-corrected chi connectivity index (χ4v) is 8.47. The first-order valence-corrected chi connectivity index (χ1v) is 26.2. The summed E-state index contributed by atoms with van der Waals surface area (Å²) >= 11 is 1.38. The van der Waals surface area contributed by atoms with Crippen molar-refractivity contribution in [1.82, 2.24) is 42.1 Å². The van der Waals surface area contributed by atoms with Crippen LogP contribution in [0.4, 0.5) is 0 Å². The third kappa shape index (κ3) is 21.1. The summed E-state index contributed by atoms with van der Waals surface area (Å²) < 4.78 is 0. The van der Waals surface area contributed by atoms with Gasteiger partial charge in [0.2, 0.25) is 53.2 Å². The van der Waals surface area contributed by atoms with E-state index in [1.54, 1.807) is 34.0 Å². The number of phenols is 1. The SMILES string of the molecule is CC[C@H](C)[C@H](NC(=O)[C@H](CCCCN)NC(=O)[C@@H]1CCCN1C(=O)[C@H](CCSC)NC(=O)[C@@H](NC(=O)[C@H](CCC(N)=O)NC(=O)[C@H](CC(=O)O)NC(=O)[C@H](Cc1ccc(O)cc1)NC(=O)CN)[C@@H](C)CC)C(=O)O. The molecule has 1 aromatic carbocycles. The van der Waals surface area contributed by atoms with Crippen LogP contribution in [0.25, 0.3) is 0 Å². The van der Waals surface area contributed by atoms with Crippen molar-refractivity contribution in [3.8, 4) is 5.75 Å². The van der Waals surface area contributed by atoms with Gasteiger partial charge in [-0.15, -0.1) is 0 Å². The van der Waals surface area contributed by atoms with Crippen molar-refractivity contribution < 1.29 is 68.1 Å². The van der Waals surface area contributed by atoms with Gasteiger partial charge in [-0.1, -0.05) is 52.7 Å². The van der Waals surface area contributed by atoms with E-state index in [4.69, 9.17) is 17.2 Å². The Labute approximate surface area is 435 Å². The molecule has 25 nitrogen and oxygen atoms in total. The lowest BCUT2D eigenvalue weighted by Gasteiger charge is -2.32. The Morgan fingerprint density at radius 1 is 0.689 bits per heavy atom. The topological polar surface area (TPSA) is 414 Å². The Balaban J connectivity index is 2.40. The number of nitrogens with zero attached hydrogens (tertiary/aromatic N) is 1. The molecule has 9 amide bonds. The highest BCUT2D eigenvalue weighted by molar-refractivity contribution is 7.98. The van der Waals surface area contributed by atoms with Gasteiger partial charge in [0.15, 0.2) is 0 Å². The number of carboxylic acids is 2. The molecule has 0 unspecified atom stereocenters. The van der Waals surface area contributed by atoms with Crippen LogP contribution in [0.2, 0.25) is 0 Å². The number of hydrogen-bond acceptors (Lipinski definition) is 15. The molecule has 1 aromatic rings. The molecule has 1 heterocycles. The Morgan fingerprint density at radius 2 is 1.24 bits per heavy atom. The van der Waals surface area contributed by atoms with Crippen LogP contribution in [0, 0.1) is 11.8 Å². The van der Waals surface area contributed by atoms with Crippen LogP contribution in [0.15, 0.2) is 24.3 Å². The number of aliphatic carboxylic acids is 2. The van der Waals surface area contributed by atoms with E-state index in [9.17, 15) is 68.1 Å². The van der Waals surface area contributed by atoms with Crippen LogP contribution < -0.4 is 54.4 Å². The Morgan fingerprint density at radius 3 is 1.80 bits per heavy atom.